The minimum atomic E-state index is -0.0510. The number of thioether (sulfide) groups is 1. The van der Waals surface area contributed by atoms with E-state index in [0.29, 0.717) is 6.54 Å². The van der Waals surface area contributed by atoms with Gasteiger partial charge in [0, 0.05) is 18.2 Å². The molecule has 1 saturated heterocycles. The van der Waals surface area contributed by atoms with Crippen LogP contribution in [0.5, 0.6) is 0 Å². The molecule has 1 heterocycles. The van der Waals surface area contributed by atoms with E-state index in [0.717, 1.165) is 17.2 Å². The first-order valence-electron chi connectivity index (χ1n) is 7.47. The van der Waals surface area contributed by atoms with E-state index in [4.69, 9.17) is 0 Å². The lowest BCUT2D eigenvalue weighted by atomic mass is 10.0. The summed E-state index contributed by atoms with van der Waals surface area (Å²) >= 11 is 1.76. The Morgan fingerprint density at radius 1 is 1.23 bits per heavy atom. The quantitative estimate of drug-likeness (QED) is 0.912. The maximum atomic E-state index is 12.0. The van der Waals surface area contributed by atoms with Crippen LogP contribution in [-0.2, 0) is 11.3 Å². The zero-order chi connectivity index (χ0) is 15.4. The molecule has 0 bridgehead atoms. The van der Waals surface area contributed by atoms with Gasteiger partial charge in [0.05, 0.1) is 6.04 Å². The van der Waals surface area contributed by atoms with Gasteiger partial charge in [-0.1, -0.05) is 48.0 Å². The summed E-state index contributed by atoms with van der Waals surface area (Å²) in [5.74, 6) is 1.81. The van der Waals surface area contributed by atoms with Crippen molar-refractivity contribution in [3.8, 4) is 11.1 Å². The molecule has 114 valence electrons. The molecule has 3 nitrogen and oxygen atoms in total. The second-order valence-electron chi connectivity index (χ2n) is 5.56. The Kier molecular flexibility index (Phi) is 4.80. The molecule has 1 atom stereocenters. The highest BCUT2D eigenvalue weighted by Crippen LogP contribution is 2.21. The van der Waals surface area contributed by atoms with Gasteiger partial charge in [0.15, 0.2) is 0 Å². The van der Waals surface area contributed by atoms with Crippen LogP contribution >= 0.6 is 11.8 Å². The monoisotopic (exact) mass is 312 g/mol. The number of carbonyl (C=O) groups excluding carboxylic acids is 1. The molecular formula is C18H20N2OS. The van der Waals surface area contributed by atoms with Crippen LogP contribution in [0.25, 0.3) is 11.1 Å². The minimum Gasteiger partial charge on any atom is -0.351 e. The van der Waals surface area contributed by atoms with Gasteiger partial charge in [0.1, 0.15) is 0 Å². The van der Waals surface area contributed by atoms with Crippen molar-refractivity contribution in [1.29, 1.82) is 0 Å². The molecule has 0 spiro atoms. The van der Waals surface area contributed by atoms with Gasteiger partial charge in [-0.3, -0.25) is 10.1 Å². The third kappa shape index (κ3) is 3.70. The van der Waals surface area contributed by atoms with E-state index < -0.39 is 0 Å². The number of nitrogens with one attached hydrogen (secondary N) is 2. The van der Waals surface area contributed by atoms with Crippen LogP contribution in [0.4, 0.5) is 0 Å². The topological polar surface area (TPSA) is 41.1 Å². The normalized spacial score (nSPS) is 17.4. The molecule has 4 heteroatoms. The van der Waals surface area contributed by atoms with Crippen molar-refractivity contribution in [1.82, 2.24) is 10.6 Å². The van der Waals surface area contributed by atoms with Gasteiger partial charge in [-0.25, -0.2) is 0 Å². The highest BCUT2D eigenvalue weighted by molar-refractivity contribution is 7.99. The number of hydrogen-bond acceptors (Lipinski definition) is 3. The molecule has 1 unspecified atom stereocenters. The maximum Gasteiger partial charge on any atom is 0.238 e. The molecule has 1 aliphatic heterocycles. The zero-order valence-electron chi connectivity index (χ0n) is 12.6. The second kappa shape index (κ2) is 6.99. The molecular weight excluding hydrogens is 292 g/mol. The first kappa shape index (κ1) is 15.1. The Labute approximate surface area is 135 Å². The Balaban J connectivity index is 1.67. The maximum absolute atomic E-state index is 12.0. The fourth-order valence-electron chi connectivity index (χ4n) is 2.56. The van der Waals surface area contributed by atoms with Crippen LogP contribution in [0.3, 0.4) is 0 Å². The van der Waals surface area contributed by atoms with Crippen LogP contribution in [-0.4, -0.2) is 23.6 Å². The number of benzene rings is 2. The highest BCUT2D eigenvalue weighted by Gasteiger charge is 2.21. The van der Waals surface area contributed by atoms with Crippen LogP contribution in [0.2, 0.25) is 0 Å². The predicted molar refractivity (Wildman–Crippen MR) is 92.7 cm³/mol. The summed E-state index contributed by atoms with van der Waals surface area (Å²) in [5, 5.41) is 6.20. The van der Waals surface area contributed by atoms with E-state index in [9.17, 15) is 4.79 Å². The van der Waals surface area contributed by atoms with Crippen LogP contribution in [0, 0.1) is 6.92 Å². The summed E-state index contributed by atoms with van der Waals surface area (Å²) in [6.07, 6.45) is 0. The number of amides is 1. The third-order valence-corrected chi connectivity index (χ3v) is 4.72. The highest BCUT2D eigenvalue weighted by atomic mass is 32.2. The van der Waals surface area contributed by atoms with Crippen LogP contribution < -0.4 is 10.6 Å². The molecule has 2 aromatic rings. The van der Waals surface area contributed by atoms with E-state index in [1.165, 1.54) is 16.7 Å². The number of aryl methyl sites for hydroxylation is 1. The van der Waals surface area contributed by atoms with Gasteiger partial charge >= 0.3 is 0 Å². The average molecular weight is 312 g/mol. The van der Waals surface area contributed by atoms with Crippen molar-refractivity contribution in [2.24, 2.45) is 0 Å². The van der Waals surface area contributed by atoms with E-state index >= 15 is 0 Å². The number of carbonyl (C=O) groups is 1. The van der Waals surface area contributed by atoms with Gasteiger partial charge in [-0.2, -0.15) is 0 Å². The molecule has 0 radical (unpaired) electrons. The van der Waals surface area contributed by atoms with Crippen molar-refractivity contribution >= 4 is 17.7 Å². The summed E-state index contributed by atoms with van der Waals surface area (Å²) in [6, 6.07) is 16.8. The lowest BCUT2D eigenvalue weighted by Gasteiger charge is -2.11. The second-order valence-corrected chi connectivity index (χ2v) is 6.59. The van der Waals surface area contributed by atoms with Crippen molar-refractivity contribution in [3.63, 3.8) is 0 Å². The van der Waals surface area contributed by atoms with Crippen molar-refractivity contribution in [2.75, 3.05) is 11.6 Å². The summed E-state index contributed by atoms with van der Waals surface area (Å²) in [5.41, 5.74) is 4.77. The Hall–Kier alpha value is -1.78. The molecule has 1 amide bonds. The van der Waals surface area contributed by atoms with E-state index in [1.54, 1.807) is 11.8 Å². The molecule has 0 aliphatic carbocycles. The minimum absolute atomic E-state index is 0.0510. The van der Waals surface area contributed by atoms with Crippen molar-refractivity contribution < 1.29 is 4.79 Å². The smallest absolute Gasteiger partial charge is 0.238 e. The van der Waals surface area contributed by atoms with Crippen LogP contribution in [0.1, 0.15) is 11.1 Å². The van der Waals surface area contributed by atoms with E-state index in [2.05, 4.69) is 60.0 Å². The third-order valence-electron chi connectivity index (χ3n) is 3.78. The molecule has 0 aromatic heterocycles. The molecule has 1 aliphatic rings. The first-order chi connectivity index (χ1) is 10.7. The summed E-state index contributed by atoms with van der Waals surface area (Å²) in [4.78, 5) is 12.0. The fraction of sp³-hybridized carbons (Fsp3) is 0.278. The Morgan fingerprint density at radius 3 is 2.73 bits per heavy atom. The molecule has 0 saturated carbocycles. The molecule has 1 fully saturated rings. The largest absolute Gasteiger partial charge is 0.351 e. The van der Waals surface area contributed by atoms with E-state index in [1.807, 2.05) is 6.07 Å². The fourth-order valence-corrected chi connectivity index (χ4v) is 3.50. The van der Waals surface area contributed by atoms with Crippen molar-refractivity contribution in [3.05, 3.63) is 59.7 Å². The Bertz CT molecular complexity index is 666. The standard InChI is InChI=1S/C18H20N2OS/c1-13-4-2-6-15(8-13)16-7-3-5-14(9-16)10-19-18(21)17-11-22-12-20-17/h2-9,17,20H,10-12H2,1H3,(H,19,21). The van der Waals surface area contributed by atoms with Crippen LogP contribution in [0.15, 0.2) is 48.5 Å². The summed E-state index contributed by atoms with van der Waals surface area (Å²) < 4.78 is 0. The van der Waals surface area contributed by atoms with E-state index in [-0.39, 0.29) is 11.9 Å². The van der Waals surface area contributed by atoms with Gasteiger partial charge in [-0.15, -0.1) is 11.8 Å². The molecule has 22 heavy (non-hydrogen) atoms. The van der Waals surface area contributed by atoms with Gasteiger partial charge in [-0.05, 0) is 29.7 Å². The Morgan fingerprint density at radius 2 is 2.00 bits per heavy atom. The first-order valence-corrected chi connectivity index (χ1v) is 8.63. The molecule has 3 rings (SSSR count). The zero-order valence-corrected chi connectivity index (χ0v) is 13.5. The molecule has 2 N–H and O–H groups in total. The van der Waals surface area contributed by atoms with Gasteiger partial charge < -0.3 is 5.32 Å². The number of rotatable bonds is 4. The van der Waals surface area contributed by atoms with Gasteiger partial charge in [0.2, 0.25) is 5.91 Å². The predicted octanol–water partition coefficient (Wildman–Crippen LogP) is 2.94. The SMILES string of the molecule is Cc1cccc(-c2cccc(CNC(=O)C3CSCN3)c2)c1. The lowest BCUT2D eigenvalue weighted by molar-refractivity contribution is -0.122. The van der Waals surface area contributed by atoms with Crippen molar-refractivity contribution in [2.45, 2.75) is 19.5 Å². The average Bonchev–Trinajstić information content (AvgIpc) is 3.07. The van der Waals surface area contributed by atoms with Gasteiger partial charge in [0.25, 0.3) is 0 Å². The summed E-state index contributed by atoms with van der Waals surface area (Å²) in [6.45, 7) is 2.67. The summed E-state index contributed by atoms with van der Waals surface area (Å²) in [7, 11) is 0. The number of hydrogen-bond donors (Lipinski definition) is 2. The lowest BCUT2D eigenvalue weighted by Crippen LogP contribution is -2.41. The molecule has 2 aromatic carbocycles.